The minimum atomic E-state index is -1.92. The molecule has 6 heteroatoms. The molecule has 0 atom stereocenters. The highest BCUT2D eigenvalue weighted by atomic mass is 31.2. The van der Waals surface area contributed by atoms with E-state index in [2.05, 4.69) is 75.2 Å². The van der Waals surface area contributed by atoms with Gasteiger partial charge < -0.3 is 0 Å². The van der Waals surface area contributed by atoms with E-state index in [-0.39, 0.29) is 0 Å². The van der Waals surface area contributed by atoms with Gasteiger partial charge in [0.15, 0.2) is 0 Å². The van der Waals surface area contributed by atoms with E-state index < -0.39 is 7.94 Å². The van der Waals surface area contributed by atoms with Crippen molar-refractivity contribution >= 4 is 7.94 Å². The number of hydrogen-bond donors (Lipinski definition) is 0. The average Bonchev–Trinajstić information content (AvgIpc) is 2.36. The molecular formula is C14H36N4OP+. The Morgan fingerprint density at radius 2 is 1.05 bits per heavy atom. The summed E-state index contributed by atoms with van der Waals surface area (Å²) in [4.78, 5) is 0. The Morgan fingerprint density at radius 1 is 0.700 bits per heavy atom. The summed E-state index contributed by atoms with van der Waals surface area (Å²) in [5, 5.41) is 2.18. The van der Waals surface area contributed by atoms with Gasteiger partial charge in [-0.05, 0) is 12.8 Å². The predicted octanol–water partition coefficient (Wildman–Crippen LogP) is 3.18. The van der Waals surface area contributed by atoms with E-state index in [4.69, 9.17) is 4.62 Å². The van der Waals surface area contributed by atoms with Crippen LogP contribution in [0.5, 0.6) is 0 Å². The Kier molecular flexibility index (Phi) is 10.2. The molecule has 0 aliphatic rings. The molecule has 0 aromatic rings. The van der Waals surface area contributed by atoms with Gasteiger partial charge in [0.1, 0.15) is 0 Å². The zero-order chi connectivity index (χ0) is 15.8. The van der Waals surface area contributed by atoms with E-state index >= 15 is 0 Å². The summed E-state index contributed by atoms with van der Waals surface area (Å²) < 4.78 is 13.2. The fraction of sp³-hybridized carbons (Fsp3) is 1.00. The second kappa shape index (κ2) is 10.0. The second-order valence-corrected chi connectivity index (χ2v) is 9.36. The van der Waals surface area contributed by atoms with Crippen LogP contribution >= 0.6 is 7.94 Å². The van der Waals surface area contributed by atoms with E-state index in [1.54, 1.807) is 0 Å². The highest BCUT2D eigenvalue weighted by molar-refractivity contribution is 7.64. The Bertz CT molecular complexity index is 220. The van der Waals surface area contributed by atoms with Crippen molar-refractivity contribution in [1.82, 2.24) is 19.1 Å². The largest absolute Gasteiger partial charge is 0.393 e. The molecule has 0 radical (unpaired) electrons. The fourth-order valence-electron chi connectivity index (χ4n) is 2.31. The first-order valence-corrected chi connectivity index (χ1v) is 9.26. The van der Waals surface area contributed by atoms with Crippen LogP contribution in [-0.4, -0.2) is 74.5 Å². The fourth-order valence-corrected chi connectivity index (χ4v) is 5.37. The standard InChI is InChI=1S/C14H36N4OP/c1-9-11-13-18(14-12-10-2)19-20(15(3)4,16(5)6)17(7)8/h9-14H2,1-8H3/q+1. The first-order chi connectivity index (χ1) is 9.32. The van der Waals surface area contributed by atoms with Crippen molar-refractivity contribution in [2.75, 3.05) is 55.4 Å². The lowest BCUT2D eigenvalue weighted by Crippen LogP contribution is -2.42. The van der Waals surface area contributed by atoms with Gasteiger partial charge in [-0.2, -0.15) is 0 Å². The van der Waals surface area contributed by atoms with Gasteiger partial charge in [-0.15, -0.1) is 19.1 Å². The van der Waals surface area contributed by atoms with E-state index in [0.717, 1.165) is 13.1 Å². The number of rotatable bonds is 11. The van der Waals surface area contributed by atoms with Crippen molar-refractivity contribution in [2.45, 2.75) is 39.5 Å². The van der Waals surface area contributed by atoms with Gasteiger partial charge in [-0.25, -0.2) is 0 Å². The van der Waals surface area contributed by atoms with Crippen LogP contribution in [0.15, 0.2) is 0 Å². The molecule has 0 unspecified atom stereocenters. The summed E-state index contributed by atoms with van der Waals surface area (Å²) in [5.41, 5.74) is 0. The molecule has 0 aromatic carbocycles. The lowest BCUT2D eigenvalue weighted by Gasteiger charge is -2.39. The van der Waals surface area contributed by atoms with E-state index in [9.17, 15) is 0 Å². The summed E-state index contributed by atoms with van der Waals surface area (Å²) in [6.07, 6.45) is 4.75. The van der Waals surface area contributed by atoms with Crippen molar-refractivity contribution in [3.63, 3.8) is 0 Å². The molecule has 0 amide bonds. The molecule has 0 aliphatic heterocycles. The van der Waals surface area contributed by atoms with Crippen molar-refractivity contribution in [3.05, 3.63) is 0 Å². The SMILES string of the molecule is CCCCN(CCCC)O[P+](N(C)C)(N(C)C)N(C)C. The molecule has 0 N–H and O–H groups in total. The van der Waals surface area contributed by atoms with Gasteiger partial charge in [0.05, 0.1) is 0 Å². The van der Waals surface area contributed by atoms with Crippen molar-refractivity contribution in [3.8, 4) is 0 Å². The van der Waals surface area contributed by atoms with Crippen LogP contribution in [0.2, 0.25) is 0 Å². The van der Waals surface area contributed by atoms with E-state index in [0.29, 0.717) is 0 Å². The minimum Gasteiger partial charge on any atom is -0.144 e. The molecule has 5 nitrogen and oxygen atoms in total. The van der Waals surface area contributed by atoms with Crippen molar-refractivity contribution < 1.29 is 4.62 Å². The molecule has 20 heavy (non-hydrogen) atoms. The van der Waals surface area contributed by atoms with E-state index in [1.165, 1.54) is 25.7 Å². The third-order valence-electron chi connectivity index (χ3n) is 3.31. The smallest absolute Gasteiger partial charge is 0.144 e. The van der Waals surface area contributed by atoms with Crippen LogP contribution < -0.4 is 0 Å². The normalized spacial score (nSPS) is 13.2. The predicted molar refractivity (Wildman–Crippen MR) is 90.5 cm³/mol. The third kappa shape index (κ3) is 5.55. The monoisotopic (exact) mass is 307 g/mol. The molecule has 0 spiro atoms. The number of nitrogens with zero attached hydrogens (tertiary/aromatic N) is 4. The maximum Gasteiger partial charge on any atom is 0.393 e. The van der Waals surface area contributed by atoms with Crippen LogP contribution in [-0.2, 0) is 4.62 Å². The van der Waals surface area contributed by atoms with Gasteiger partial charge in [-0.3, -0.25) is 0 Å². The Morgan fingerprint density at radius 3 is 1.30 bits per heavy atom. The molecule has 0 aromatic heterocycles. The zero-order valence-corrected chi connectivity index (χ0v) is 15.8. The first kappa shape index (κ1) is 20.2. The highest BCUT2D eigenvalue weighted by Crippen LogP contribution is 2.65. The maximum absolute atomic E-state index is 6.55. The molecule has 0 saturated carbocycles. The van der Waals surface area contributed by atoms with Crippen LogP contribution in [0, 0.1) is 0 Å². The summed E-state index contributed by atoms with van der Waals surface area (Å²) >= 11 is 0. The number of hydroxylamine groups is 2. The molecule has 0 rings (SSSR count). The van der Waals surface area contributed by atoms with Gasteiger partial charge in [0.25, 0.3) is 0 Å². The number of hydrogen-bond acceptors (Lipinski definition) is 5. The second-order valence-electron chi connectivity index (χ2n) is 5.77. The minimum absolute atomic E-state index is 1.01. The zero-order valence-electron chi connectivity index (χ0n) is 14.9. The summed E-state index contributed by atoms with van der Waals surface area (Å²) in [6.45, 7) is 6.47. The molecular weight excluding hydrogens is 271 g/mol. The average molecular weight is 307 g/mol. The van der Waals surface area contributed by atoms with Gasteiger partial charge in [0, 0.05) is 55.4 Å². The molecule has 0 saturated heterocycles. The molecule has 0 aliphatic carbocycles. The quantitative estimate of drug-likeness (QED) is 0.431. The van der Waals surface area contributed by atoms with Gasteiger partial charge >= 0.3 is 7.94 Å². The molecule has 122 valence electrons. The first-order valence-electron chi connectivity index (χ1n) is 7.70. The summed E-state index contributed by atoms with van der Waals surface area (Å²) in [6, 6.07) is 0. The third-order valence-corrected chi connectivity index (χ3v) is 6.89. The molecule has 0 fully saturated rings. The Hall–Kier alpha value is 0.230. The van der Waals surface area contributed by atoms with E-state index in [1.807, 2.05) is 0 Å². The van der Waals surface area contributed by atoms with Gasteiger partial charge in [-0.1, -0.05) is 31.3 Å². The highest BCUT2D eigenvalue weighted by Gasteiger charge is 2.53. The molecule has 0 heterocycles. The molecule has 0 bridgehead atoms. The van der Waals surface area contributed by atoms with Crippen LogP contribution in [0.25, 0.3) is 0 Å². The van der Waals surface area contributed by atoms with Crippen LogP contribution in [0.4, 0.5) is 0 Å². The lowest BCUT2D eigenvalue weighted by molar-refractivity contribution is -0.0742. The van der Waals surface area contributed by atoms with Crippen molar-refractivity contribution in [1.29, 1.82) is 0 Å². The maximum atomic E-state index is 6.55. The van der Waals surface area contributed by atoms with Crippen molar-refractivity contribution in [2.24, 2.45) is 0 Å². The lowest BCUT2D eigenvalue weighted by atomic mass is 10.3. The number of unbranched alkanes of at least 4 members (excludes halogenated alkanes) is 2. The Labute approximate surface area is 127 Å². The van der Waals surface area contributed by atoms with Crippen LogP contribution in [0.3, 0.4) is 0 Å². The van der Waals surface area contributed by atoms with Crippen LogP contribution in [0.1, 0.15) is 39.5 Å². The summed E-state index contributed by atoms with van der Waals surface area (Å²) in [7, 11) is 10.7. The summed E-state index contributed by atoms with van der Waals surface area (Å²) in [5.74, 6) is 0. The topological polar surface area (TPSA) is 22.2 Å². The Balaban J connectivity index is 5.03. The van der Waals surface area contributed by atoms with Gasteiger partial charge in [0.2, 0.25) is 0 Å².